The first-order valence-electron chi connectivity index (χ1n) is 8.90. The number of amides is 2. The Morgan fingerprint density at radius 3 is 2.50 bits per heavy atom. The van der Waals surface area contributed by atoms with Crippen molar-refractivity contribution in [3.8, 4) is 0 Å². The standard InChI is InChI=1S/C20H19N5O3/c26-18-10-14(13-8-4-5-9-15(13)21-18)19(27)24-25-20(28)17-11-16(22-23-17)12-6-2-1-3-7-12/h1-10,16-17,22-23H,11H2,(H,21,26)(H,24,27)(H,25,28). The molecule has 2 aromatic carbocycles. The molecule has 1 fully saturated rings. The molecule has 8 nitrogen and oxygen atoms in total. The van der Waals surface area contributed by atoms with Gasteiger partial charge in [-0.3, -0.25) is 25.2 Å². The molecule has 3 aromatic rings. The van der Waals surface area contributed by atoms with Crippen molar-refractivity contribution >= 4 is 22.7 Å². The van der Waals surface area contributed by atoms with E-state index in [1.165, 1.54) is 6.07 Å². The van der Waals surface area contributed by atoms with Gasteiger partial charge in [0.05, 0.1) is 5.56 Å². The molecule has 28 heavy (non-hydrogen) atoms. The number of nitrogens with one attached hydrogen (secondary N) is 5. The zero-order valence-electron chi connectivity index (χ0n) is 14.9. The van der Waals surface area contributed by atoms with Crippen molar-refractivity contribution in [2.75, 3.05) is 0 Å². The fourth-order valence-corrected chi connectivity index (χ4v) is 3.30. The van der Waals surface area contributed by atoms with Crippen molar-refractivity contribution in [3.05, 3.63) is 82.1 Å². The Kier molecular flexibility index (Phi) is 4.88. The molecule has 0 spiro atoms. The van der Waals surface area contributed by atoms with Crippen LogP contribution < -0.4 is 27.3 Å². The fourth-order valence-electron chi connectivity index (χ4n) is 3.30. The summed E-state index contributed by atoms with van der Waals surface area (Å²) in [5.41, 5.74) is 12.3. The summed E-state index contributed by atoms with van der Waals surface area (Å²) in [5, 5.41) is 0.596. The van der Waals surface area contributed by atoms with Crippen molar-refractivity contribution in [3.63, 3.8) is 0 Å². The number of pyridine rings is 1. The summed E-state index contributed by atoms with van der Waals surface area (Å²) in [6.07, 6.45) is 0.541. The lowest BCUT2D eigenvalue weighted by Gasteiger charge is -2.12. The van der Waals surface area contributed by atoms with Crippen LogP contribution in [0, 0.1) is 0 Å². The first-order valence-corrected chi connectivity index (χ1v) is 8.90. The molecule has 5 N–H and O–H groups in total. The summed E-state index contributed by atoms with van der Waals surface area (Å²) in [6, 6.07) is 17.5. The van der Waals surface area contributed by atoms with E-state index in [0.29, 0.717) is 17.3 Å². The zero-order chi connectivity index (χ0) is 19.5. The Balaban J connectivity index is 1.41. The number of fused-ring (bicyclic) bond motifs is 1. The normalized spacial score (nSPS) is 18.7. The molecular weight excluding hydrogens is 358 g/mol. The molecule has 8 heteroatoms. The maximum absolute atomic E-state index is 12.5. The van der Waals surface area contributed by atoms with E-state index in [-0.39, 0.29) is 23.1 Å². The summed E-state index contributed by atoms with van der Waals surface area (Å²) in [4.78, 5) is 39.4. The average molecular weight is 377 g/mol. The van der Waals surface area contributed by atoms with Crippen LogP contribution in [0.1, 0.15) is 28.4 Å². The molecule has 2 heterocycles. The molecule has 142 valence electrons. The zero-order valence-corrected chi connectivity index (χ0v) is 14.9. The van der Waals surface area contributed by atoms with Gasteiger partial charge < -0.3 is 4.98 Å². The quantitative estimate of drug-likeness (QED) is 0.435. The third-order valence-electron chi connectivity index (χ3n) is 4.72. The number of carbonyl (C=O) groups is 2. The van der Waals surface area contributed by atoms with Gasteiger partial charge in [0, 0.05) is 23.0 Å². The second kappa shape index (κ2) is 7.63. The van der Waals surface area contributed by atoms with Gasteiger partial charge in [-0.15, -0.1) is 0 Å². The first kappa shape index (κ1) is 17.9. The highest BCUT2D eigenvalue weighted by atomic mass is 16.2. The molecule has 1 aliphatic rings. The van der Waals surface area contributed by atoms with Gasteiger partial charge in [-0.2, -0.15) is 0 Å². The predicted molar refractivity (Wildman–Crippen MR) is 104 cm³/mol. The fraction of sp³-hybridized carbons (Fsp3) is 0.150. The summed E-state index contributed by atoms with van der Waals surface area (Å²) in [7, 11) is 0. The molecule has 2 unspecified atom stereocenters. The third kappa shape index (κ3) is 3.64. The van der Waals surface area contributed by atoms with Crippen LogP contribution in [-0.4, -0.2) is 22.8 Å². The molecule has 2 amide bonds. The Morgan fingerprint density at radius 1 is 0.929 bits per heavy atom. The highest BCUT2D eigenvalue weighted by molar-refractivity contribution is 6.06. The van der Waals surface area contributed by atoms with Gasteiger partial charge in [-0.05, 0) is 18.1 Å². The van der Waals surface area contributed by atoms with Gasteiger partial charge in [-0.25, -0.2) is 10.9 Å². The lowest BCUT2D eigenvalue weighted by Crippen LogP contribution is -2.50. The lowest BCUT2D eigenvalue weighted by atomic mass is 10.0. The van der Waals surface area contributed by atoms with Crippen LogP contribution in [0.4, 0.5) is 0 Å². The maximum Gasteiger partial charge on any atom is 0.270 e. The second-order valence-corrected chi connectivity index (χ2v) is 6.58. The number of carbonyl (C=O) groups excluding carboxylic acids is 2. The molecule has 1 aliphatic heterocycles. The SMILES string of the molecule is O=C(NNC(=O)C1CC(c2ccccc2)NN1)c1cc(=O)[nH]c2ccccc12. The Morgan fingerprint density at radius 2 is 1.68 bits per heavy atom. The van der Waals surface area contributed by atoms with Crippen molar-refractivity contribution in [2.45, 2.75) is 18.5 Å². The smallest absolute Gasteiger partial charge is 0.270 e. The molecule has 4 rings (SSSR count). The van der Waals surface area contributed by atoms with Gasteiger partial charge in [0.15, 0.2) is 0 Å². The molecule has 1 aromatic heterocycles. The van der Waals surface area contributed by atoms with E-state index in [4.69, 9.17) is 0 Å². The minimum Gasteiger partial charge on any atom is -0.322 e. The third-order valence-corrected chi connectivity index (χ3v) is 4.72. The van der Waals surface area contributed by atoms with Crippen LogP contribution in [0.15, 0.2) is 65.5 Å². The molecule has 2 atom stereocenters. The number of benzene rings is 2. The minimum absolute atomic E-state index is 0.00396. The van der Waals surface area contributed by atoms with E-state index in [9.17, 15) is 14.4 Å². The van der Waals surface area contributed by atoms with E-state index < -0.39 is 11.9 Å². The van der Waals surface area contributed by atoms with Crippen molar-refractivity contribution < 1.29 is 9.59 Å². The Labute approximate surface area is 160 Å². The van der Waals surface area contributed by atoms with E-state index in [1.54, 1.807) is 24.3 Å². The molecule has 1 saturated heterocycles. The van der Waals surface area contributed by atoms with E-state index in [1.807, 2.05) is 30.3 Å². The highest BCUT2D eigenvalue weighted by Gasteiger charge is 2.30. The monoisotopic (exact) mass is 377 g/mol. The first-order chi connectivity index (χ1) is 13.6. The maximum atomic E-state index is 12.5. The van der Waals surface area contributed by atoms with Crippen LogP contribution in [0.25, 0.3) is 10.9 Å². The van der Waals surface area contributed by atoms with Crippen molar-refractivity contribution in [2.24, 2.45) is 0 Å². The van der Waals surface area contributed by atoms with Gasteiger partial charge in [0.2, 0.25) is 5.56 Å². The Hall–Kier alpha value is -3.49. The minimum atomic E-state index is -0.554. The average Bonchev–Trinajstić information content (AvgIpc) is 3.22. The summed E-state index contributed by atoms with van der Waals surface area (Å²) in [5.74, 6) is -0.922. The predicted octanol–water partition coefficient (Wildman–Crippen LogP) is 0.897. The van der Waals surface area contributed by atoms with Crippen LogP contribution in [0.3, 0.4) is 0 Å². The van der Waals surface area contributed by atoms with E-state index in [0.717, 1.165) is 5.56 Å². The number of hydrazine groups is 2. The number of H-pyrrole nitrogens is 1. The number of rotatable bonds is 3. The van der Waals surface area contributed by atoms with Crippen LogP contribution >= 0.6 is 0 Å². The summed E-state index contributed by atoms with van der Waals surface area (Å²) < 4.78 is 0. The van der Waals surface area contributed by atoms with Gasteiger partial charge in [0.25, 0.3) is 11.8 Å². The number of hydrogen-bond acceptors (Lipinski definition) is 5. The number of aromatic nitrogens is 1. The molecular formula is C20H19N5O3. The number of para-hydroxylation sites is 1. The van der Waals surface area contributed by atoms with E-state index >= 15 is 0 Å². The highest BCUT2D eigenvalue weighted by Crippen LogP contribution is 2.21. The van der Waals surface area contributed by atoms with Crippen LogP contribution in [0.2, 0.25) is 0 Å². The van der Waals surface area contributed by atoms with E-state index in [2.05, 4.69) is 26.7 Å². The molecule has 0 saturated carbocycles. The summed E-state index contributed by atoms with van der Waals surface area (Å²) >= 11 is 0. The van der Waals surface area contributed by atoms with Crippen LogP contribution in [0.5, 0.6) is 0 Å². The largest absolute Gasteiger partial charge is 0.322 e. The van der Waals surface area contributed by atoms with Crippen LogP contribution in [-0.2, 0) is 4.79 Å². The molecule has 0 aliphatic carbocycles. The summed E-state index contributed by atoms with van der Waals surface area (Å²) in [6.45, 7) is 0. The van der Waals surface area contributed by atoms with Gasteiger partial charge in [-0.1, -0.05) is 48.5 Å². The van der Waals surface area contributed by atoms with Crippen molar-refractivity contribution in [1.29, 1.82) is 0 Å². The molecule has 0 bridgehead atoms. The lowest BCUT2D eigenvalue weighted by molar-refractivity contribution is -0.123. The van der Waals surface area contributed by atoms with Gasteiger partial charge in [0.1, 0.15) is 6.04 Å². The Bertz CT molecular complexity index is 1080. The topological polar surface area (TPSA) is 115 Å². The molecule has 0 radical (unpaired) electrons. The van der Waals surface area contributed by atoms with Crippen molar-refractivity contribution in [1.82, 2.24) is 26.7 Å². The van der Waals surface area contributed by atoms with Gasteiger partial charge >= 0.3 is 0 Å². The second-order valence-electron chi connectivity index (χ2n) is 6.58. The number of aromatic amines is 1. The number of hydrogen-bond donors (Lipinski definition) is 5.